The van der Waals surface area contributed by atoms with E-state index in [4.69, 9.17) is 9.84 Å². The molecule has 0 saturated heterocycles. The van der Waals surface area contributed by atoms with Crippen LogP contribution >= 0.6 is 0 Å². The van der Waals surface area contributed by atoms with E-state index in [1.54, 1.807) is 28.7 Å². The highest BCUT2D eigenvalue weighted by molar-refractivity contribution is 6.12. The Hall–Kier alpha value is -3.02. The van der Waals surface area contributed by atoms with E-state index in [2.05, 4.69) is 0 Å². The summed E-state index contributed by atoms with van der Waals surface area (Å²) in [6.45, 7) is 0. The van der Waals surface area contributed by atoms with Crippen LogP contribution in [0, 0.1) is 0 Å². The van der Waals surface area contributed by atoms with Crippen LogP contribution in [0.4, 0.5) is 0 Å². The molecular formula is C15H11NO5. The van der Waals surface area contributed by atoms with Crippen LogP contribution in [0.2, 0.25) is 0 Å². The minimum absolute atomic E-state index is 0.0250. The van der Waals surface area contributed by atoms with Crippen molar-refractivity contribution in [1.29, 1.82) is 0 Å². The third kappa shape index (κ3) is 1.80. The van der Waals surface area contributed by atoms with Crippen LogP contribution in [0.3, 0.4) is 0 Å². The summed E-state index contributed by atoms with van der Waals surface area (Å²) in [5.41, 5.74) is 1.08. The van der Waals surface area contributed by atoms with Crippen LogP contribution in [-0.2, 0) is 0 Å². The van der Waals surface area contributed by atoms with E-state index < -0.39 is 11.9 Å². The Morgan fingerprint density at radius 1 is 1.14 bits per heavy atom. The fourth-order valence-corrected chi connectivity index (χ4v) is 2.51. The van der Waals surface area contributed by atoms with Gasteiger partial charge in [0.1, 0.15) is 11.3 Å². The molecule has 3 rings (SSSR count). The number of hydrogen-bond donors (Lipinski definition) is 2. The number of ether oxygens (including phenoxy) is 1. The van der Waals surface area contributed by atoms with Gasteiger partial charge in [-0.05, 0) is 12.1 Å². The highest BCUT2D eigenvalue weighted by Gasteiger charge is 2.22. The average Bonchev–Trinajstić information content (AvgIpc) is 2.80. The van der Waals surface area contributed by atoms with Crippen LogP contribution in [0.15, 0.2) is 36.5 Å². The van der Waals surface area contributed by atoms with Crippen molar-refractivity contribution in [3.05, 3.63) is 47.7 Å². The maximum atomic E-state index is 11.6. The standard InChI is InChI=1S/C15H11NO5/c1-21-11-6-8(14(17)18)7-16-10-5-3-2-4-9(10)12(13(11)16)15(19)20/h2-7H,1H3,(H,17,18)(H,19,20). The number of para-hydroxylation sites is 1. The number of hydrogen-bond acceptors (Lipinski definition) is 3. The second-order valence-corrected chi connectivity index (χ2v) is 4.52. The maximum Gasteiger partial charge on any atom is 0.338 e. The Labute approximate surface area is 118 Å². The predicted octanol–water partition coefficient (Wildman–Crippen LogP) is 2.50. The fraction of sp³-hybridized carbons (Fsp3) is 0.0667. The normalized spacial score (nSPS) is 10.9. The van der Waals surface area contributed by atoms with Gasteiger partial charge in [-0.1, -0.05) is 18.2 Å². The number of pyridine rings is 1. The van der Waals surface area contributed by atoms with Crippen molar-refractivity contribution in [3.8, 4) is 5.75 Å². The van der Waals surface area contributed by atoms with Crippen LogP contribution in [-0.4, -0.2) is 33.7 Å². The first kappa shape index (κ1) is 13.0. The molecule has 0 bridgehead atoms. The van der Waals surface area contributed by atoms with Gasteiger partial charge in [0.25, 0.3) is 0 Å². The number of methoxy groups -OCH3 is 1. The molecule has 2 heterocycles. The Balaban J connectivity index is 2.59. The summed E-state index contributed by atoms with van der Waals surface area (Å²) in [6.07, 6.45) is 1.40. The van der Waals surface area contributed by atoms with Crippen molar-refractivity contribution in [2.75, 3.05) is 7.11 Å². The van der Waals surface area contributed by atoms with Crippen molar-refractivity contribution in [1.82, 2.24) is 4.40 Å². The lowest BCUT2D eigenvalue weighted by Gasteiger charge is -2.07. The zero-order valence-corrected chi connectivity index (χ0v) is 11.0. The zero-order valence-electron chi connectivity index (χ0n) is 11.0. The molecule has 2 N–H and O–H groups in total. The third-order valence-electron chi connectivity index (χ3n) is 3.38. The first-order valence-electron chi connectivity index (χ1n) is 6.12. The zero-order chi connectivity index (χ0) is 15.1. The molecule has 21 heavy (non-hydrogen) atoms. The lowest BCUT2D eigenvalue weighted by Crippen LogP contribution is -2.03. The Bertz CT molecular complexity index is 894. The van der Waals surface area contributed by atoms with Gasteiger partial charge in [0.05, 0.1) is 23.8 Å². The molecule has 0 saturated carbocycles. The lowest BCUT2D eigenvalue weighted by molar-refractivity contribution is 0.0688. The van der Waals surface area contributed by atoms with Gasteiger partial charge in [0.15, 0.2) is 0 Å². The number of carboxylic acid groups (broad SMARTS) is 2. The second kappa shape index (κ2) is 4.52. The van der Waals surface area contributed by atoms with E-state index in [1.807, 2.05) is 0 Å². The molecule has 6 nitrogen and oxygen atoms in total. The van der Waals surface area contributed by atoms with Crippen molar-refractivity contribution in [3.63, 3.8) is 0 Å². The van der Waals surface area contributed by atoms with Gasteiger partial charge in [-0.25, -0.2) is 9.59 Å². The Morgan fingerprint density at radius 2 is 1.86 bits per heavy atom. The van der Waals surface area contributed by atoms with Crippen LogP contribution < -0.4 is 4.74 Å². The van der Waals surface area contributed by atoms with Gasteiger partial charge >= 0.3 is 11.9 Å². The van der Waals surface area contributed by atoms with E-state index in [1.165, 1.54) is 19.4 Å². The summed E-state index contributed by atoms with van der Waals surface area (Å²) in [4.78, 5) is 22.8. The maximum absolute atomic E-state index is 11.6. The van der Waals surface area contributed by atoms with E-state index >= 15 is 0 Å². The highest BCUT2D eigenvalue weighted by Crippen LogP contribution is 2.33. The van der Waals surface area contributed by atoms with Crippen molar-refractivity contribution in [2.24, 2.45) is 0 Å². The first-order chi connectivity index (χ1) is 10.0. The number of carboxylic acids is 2. The monoisotopic (exact) mass is 285 g/mol. The molecule has 2 aromatic heterocycles. The summed E-state index contributed by atoms with van der Waals surface area (Å²) in [5.74, 6) is -1.98. The molecule has 0 aliphatic heterocycles. The molecule has 0 amide bonds. The molecule has 0 aliphatic carbocycles. The van der Waals surface area contributed by atoms with Crippen LogP contribution in [0.1, 0.15) is 20.7 Å². The van der Waals surface area contributed by atoms with Gasteiger partial charge in [0.2, 0.25) is 0 Å². The Kier molecular flexibility index (Phi) is 2.79. The van der Waals surface area contributed by atoms with Crippen molar-refractivity contribution in [2.45, 2.75) is 0 Å². The third-order valence-corrected chi connectivity index (χ3v) is 3.38. The summed E-state index contributed by atoms with van der Waals surface area (Å²) >= 11 is 0. The molecule has 3 aromatic rings. The van der Waals surface area contributed by atoms with Crippen LogP contribution in [0.25, 0.3) is 16.4 Å². The quantitative estimate of drug-likeness (QED) is 0.771. The Morgan fingerprint density at radius 3 is 2.48 bits per heavy atom. The van der Waals surface area contributed by atoms with Crippen molar-refractivity contribution >= 4 is 28.4 Å². The number of aromatic nitrogens is 1. The summed E-state index contributed by atoms with van der Waals surface area (Å²) in [5, 5.41) is 19.2. The molecular weight excluding hydrogens is 274 g/mol. The van der Waals surface area contributed by atoms with Gasteiger partial charge in [-0.2, -0.15) is 0 Å². The summed E-state index contributed by atoms with van der Waals surface area (Å²) in [7, 11) is 1.38. The first-order valence-corrected chi connectivity index (χ1v) is 6.12. The van der Waals surface area contributed by atoms with E-state index in [9.17, 15) is 14.7 Å². The average molecular weight is 285 g/mol. The number of nitrogens with zero attached hydrogens (tertiary/aromatic N) is 1. The number of benzene rings is 1. The second-order valence-electron chi connectivity index (χ2n) is 4.52. The molecule has 6 heteroatoms. The summed E-state index contributed by atoms with van der Waals surface area (Å²) < 4.78 is 6.73. The molecule has 0 aliphatic rings. The minimum atomic E-state index is -1.11. The van der Waals surface area contributed by atoms with E-state index in [0.717, 1.165) is 0 Å². The number of aromatic carboxylic acids is 2. The van der Waals surface area contributed by atoms with E-state index in [-0.39, 0.29) is 16.9 Å². The minimum Gasteiger partial charge on any atom is -0.495 e. The number of rotatable bonds is 3. The largest absolute Gasteiger partial charge is 0.495 e. The highest BCUT2D eigenvalue weighted by atomic mass is 16.5. The molecule has 106 valence electrons. The smallest absolute Gasteiger partial charge is 0.338 e. The molecule has 0 unspecified atom stereocenters. The summed E-state index contributed by atoms with van der Waals surface area (Å²) in [6, 6.07) is 8.24. The fourth-order valence-electron chi connectivity index (χ4n) is 2.51. The lowest BCUT2D eigenvalue weighted by atomic mass is 10.1. The van der Waals surface area contributed by atoms with E-state index in [0.29, 0.717) is 16.4 Å². The predicted molar refractivity (Wildman–Crippen MR) is 75.4 cm³/mol. The SMILES string of the molecule is COc1cc(C(=O)O)cn2c1c(C(=O)O)c1ccccc12. The molecule has 0 radical (unpaired) electrons. The molecule has 1 aromatic carbocycles. The van der Waals surface area contributed by atoms with Gasteiger partial charge in [-0.15, -0.1) is 0 Å². The van der Waals surface area contributed by atoms with Gasteiger partial charge in [-0.3, -0.25) is 0 Å². The van der Waals surface area contributed by atoms with Gasteiger partial charge in [0, 0.05) is 11.6 Å². The number of carbonyl (C=O) groups is 2. The topological polar surface area (TPSA) is 88.2 Å². The molecule has 0 atom stereocenters. The van der Waals surface area contributed by atoms with Crippen molar-refractivity contribution < 1.29 is 24.5 Å². The number of fused-ring (bicyclic) bond motifs is 3. The van der Waals surface area contributed by atoms with Crippen LogP contribution in [0.5, 0.6) is 5.75 Å². The van der Waals surface area contributed by atoms with Gasteiger partial charge < -0.3 is 19.4 Å². The molecule has 0 fully saturated rings. The molecule has 0 spiro atoms.